The van der Waals surface area contributed by atoms with E-state index in [1.807, 2.05) is 30.3 Å². The van der Waals surface area contributed by atoms with Gasteiger partial charge in [-0.15, -0.1) is 0 Å². The van der Waals surface area contributed by atoms with Crippen molar-refractivity contribution in [1.29, 1.82) is 0 Å². The van der Waals surface area contributed by atoms with E-state index in [0.29, 0.717) is 12.8 Å². The van der Waals surface area contributed by atoms with Crippen LogP contribution in [0, 0.1) is 0 Å². The summed E-state index contributed by atoms with van der Waals surface area (Å²) in [5.74, 6) is -1.80. The molecule has 158 valence electrons. The van der Waals surface area contributed by atoms with E-state index < -0.39 is 33.2 Å². The molecule has 0 bridgehead atoms. The maximum atomic E-state index is 12.9. The number of nitrogens with one attached hydrogen (secondary N) is 2. The summed E-state index contributed by atoms with van der Waals surface area (Å²) in [6.07, 6.45) is -2.33. The standard InChI is InChI=1S/C19H22F3N3O3S/c20-19(21,22)16-9-4-10-24-18(16)25-12-11-23-17(26)14-29(27,28)13-5-8-15-6-2-1-3-7-15/h1-4,6-7,9-10H,5,8,11-14H2,(H,23,26)(H,24,25). The van der Waals surface area contributed by atoms with Crippen molar-refractivity contribution in [2.45, 2.75) is 19.0 Å². The predicted octanol–water partition coefficient (Wildman–Crippen LogP) is 2.68. The molecule has 2 aromatic rings. The minimum absolute atomic E-state index is 0.0279. The van der Waals surface area contributed by atoms with Crippen LogP contribution >= 0.6 is 0 Å². The monoisotopic (exact) mass is 429 g/mol. The first-order valence-corrected chi connectivity index (χ1v) is 10.8. The number of pyridine rings is 1. The van der Waals surface area contributed by atoms with Gasteiger partial charge in [-0.05, 0) is 30.5 Å². The van der Waals surface area contributed by atoms with Crippen LogP contribution < -0.4 is 10.6 Å². The Morgan fingerprint density at radius 2 is 1.76 bits per heavy atom. The number of halogens is 3. The maximum Gasteiger partial charge on any atom is 0.419 e. The van der Waals surface area contributed by atoms with E-state index in [-0.39, 0.29) is 24.7 Å². The average molecular weight is 429 g/mol. The molecule has 0 spiro atoms. The molecule has 1 amide bonds. The molecule has 0 saturated heterocycles. The molecule has 1 heterocycles. The Hall–Kier alpha value is -2.62. The van der Waals surface area contributed by atoms with E-state index in [9.17, 15) is 26.4 Å². The number of hydrogen-bond acceptors (Lipinski definition) is 5. The lowest BCUT2D eigenvalue weighted by Crippen LogP contribution is -2.34. The number of benzene rings is 1. The number of carbonyl (C=O) groups excluding carboxylic acids is 1. The van der Waals surface area contributed by atoms with Gasteiger partial charge in [-0.1, -0.05) is 30.3 Å². The van der Waals surface area contributed by atoms with Gasteiger partial charge in [0.25, 0.3) is 0 Å². The number of anilines is 1. The van der Waals surface area contributed by atoms with Crippen molar-refractivity contribution >= 4 is 21.6 Å². The summed E-state index contributed by atoms with van der Waals surface area (Å²) in [5.41, 5.74) is 0.110. The Morgan fingerprint density at radius 1 is 1.03 bits per heavy atom. The van der Waals surface area contributed by atoms with Gasteiger partial charge < -0.3 is 10.6 Å². The number of aryl methyl sites for hydroxylation is 1. The van der Waals surface area contributed by atoms with Gasteiger partial charge in [0, 0.05) is 19.3 Å². The molecule has 1 aromatic carbocycles. The fraction of sp³-hybridized carbons (Fsp3) is 0.368. The van der Waals surface area contributed by atoms with Crippen molar-refractivity contribution in [3.63, 3.8) is 0 Å². The van der Waals surface area contributed by atoms with Crippen LogP contribution in [0.1, 0.15) is 17.5 Å². The van der Waals surface area contributed by atoms with Crippen LogP contribution in [0.3, 0.4) is 0 Å². The molecule has 0 fully saturated rings. The molecule has 0 aliphatic rings. The fourth-order valence-corrected chi connectivity index (χ4v) is 3.85. The third kappa shape index (κ3) is 8.10. The average Bonchev–Trinajstić information content (AvgIpc) is 2.65. The first-order valence-electron chi connectivity index (χ1n) is 8.94. The molecule has 0 saturated carbocycles. The van der Waals surface area contributed by atoms with Crippen molar-refractivity contribution < 1.29 is 26.4 Å². The minimum Gasteiger partial charge on any atom is -0.368 e. The summed E-state index contributed by atoms with van der Waals surface area (Å²) < 4.78 is 62.7. The molecule has 10 heteroatoms. The Labute approximate surface area is 167 Å². The Morgan fingerprint density at radius 3 is 2.45 bits per heavy atom. The predicted molar refractivity (Wildman–Crippen MR) is 104 cm³/mol. The van der Waals surface area contributed by atoms with Gasteiger partial charge in [0.1, 0.15) is 11.6 Å². The number of nitrogens with zero attached hydrogens (tertiary/aromatic N) is 1. The second-order valence-corrected chi connectivity index (χ2v) is 8.54. The third-order valence-corrected chi connectivity index (χ3v) is 5.58. The van der Waals surface area contributed by atoms with Gasteiger partial charge in [0.05, 0.1) is 11.3 Å². The first kappa shape index (κ1) is 22.7. The van der Waals surface area contributed by atoms with E-state index in [2.05, 4.69) is 15.6 Å². The quantitative estimate of drug-likeness (QED) is 0.567. The topological polar surface area (TPSA) is 88.2 Å². The number of rotatable bonds is 10. The van der Waals surface area contributed by atoms with E-state index in [0.717, 1.165) is 11.6 Å². The van der Waals surface area contributed by atoms with Crippen LogP contribution in [0.4, 0.5) is 19.0 Å². The lowest BCUT2D eigenvalue weighted by Gasteiger charge is -2.13. The molecule has 0 aliphatic heterocycles. The summed E-state index contributed by atoms with van der Waals surface area (Å²) in [4.78, 5) is 15.5. The van der Waals surface area contributed by atoms with Gasteiger partial charge >= 0.3 is 6.18 Å². The zero-order valence-electron chi connectivity index (χ0n) is 15.6. The van der Waals surface area contributed by atoms with E-state index in [1.54, 1.807) is 0 Å². The number of sulfone groups is 1. The summed E-state index contributed by atoms with van der Waals surface area (Å²) in [6.45, 7) is -0.0634. The summed E-state index contributed by atoms with van der Waals surface area (Å²) in [7, 11) is -3.56. The number of aromatic nitrogens is 1. The molecule has 1 aromatic heterocycles. The third-order valence-electron chi connectivity index (χ3n) is 3.97. The lowest BCUT2D eigenvalue weighted by atomic mass is 10.1. The van der Waals surface area contributed by atoms with Crippen LogP contribution in [0.2, 0.25) is 0 Å². The van der Waals surface area contributed by atoms with Crippen LogP contribution in [-0.2, 0) is 27.2 Å². The van der Waals surface area contributed by atoms with Crippen molar-refractivity contribution in [3.8, 4) is 0 Å². The smallest absolute Gasteiger partial charge is 0.368 e. The SMILES string of the molecule is O=C(CS(=O)(=O)CCCc1ccccc1)NCCNc1ncccc1C(F)(F)F. The number of hydrogen-bond donors (Lipinski definition) is 2. The van der Waals surface area contributed by atoms with E-state index >= 15 is 0 Å². The molecular weight excluding hydrogens is 407 g/mol. The summed E-state index contributed by atoms with van der Waals surface area (Å²) >= 11 is 0. The first-order chi connectivity index (χ1) is 13.7. The molecule has 2 rings (SSSR count). The van der Waals surface area contributed by atoms with Gasteiger partial charge in [-0.25, -0.2) is 13.4 Å². The number of alkyl halides is 3. The molecule has 0 unspecified atom stereocenters. The highest BCUT2D eigenvalue weighted by atomic mass is 32.2. The second-order valence-electron chi connectivity index (χ2n) is 6.36. The van der Waals surface area contributed by atoms with Crippen LogP contribution in [-0.4, -0.2) is 43.9 Å². The summed E-state index contributed by atoms with van der Waals surface area (Å²) in [6, 6.07) is 11.5. The van der Waals surface area contributed by atoms with Gasteiger partial charge in [0.15, 0.2) is 9.84 Å². The highest BCUT2D eigenvalue weighted by Crippen LogP contribution is 2.33. The number of carbonyl (C=O) groups is 1. The summed E-state index contributed by atoms with van der Waals surface area (Å²) in [5, 5.41) is 4.88. The Balaban J connectivity index is 1.71. The van der Waals surface area contributed by atoms with Gasteiger partial charge in [-0.2, -0.15) is 13.2 Å². The second kappa shape index (κ2) is 10.2. The normalized spacial score (nSPS) is 11.8. The minimum atomic E-state index is -4.55. The van der Waals surface area contributed by atoms with Gasteiger partial charge in [0.2, 0.25) is 5.91 Å². The Bertz CT molecular complexity index is 904. The zero-order chi connectivity index (χ0) is 21.3. The van der Waals surface area contributed by atoms with Crippen molar-refractivity contribution in [2.24, 2.45) is 0 Å². The zero-order valence-corrected chi connectivity index (χ0v) is 16.4. The van der Waals surface area contributed by atoms with Crippen LogP contribution in [0.15, 0.2) is 48.7 Å². The molecule has 0 radical (unpaired) electrons. The molecule has 29 heavy (non-hydrogen) atoms. The highest BCUT2D eigenvalue weighted by Gasteiger charge is 2.33. The van der Waals surface area contributed by atoms with Crippen LogP contribution in [0.5, 0.6) is 0 Å². The molecular formula is C19H22F3N3O3S. The lowest BCUT2D eigenvalue weighted by molar-refractivity contribution is -0.137. The molecule has 2 N–H and O–H groups in total. The van der Waals surface area contributed by atoms with E-state index in [4.69, 9.17) is 0 Å². The van der Waals surface area contributed by atoms with Crippen molar-refractivity contribution in [3.05, 3.63) is 59.8 Å². The van der Waals surface area contributed by atoms with Crippen molar-refractivity contribution in [2.75, 3.05) is 29.9 Å². The Kier molecular flexibility index (Phi) is 8.00. The van der Waals surface area contributed by atoms with Crippen LogP contribution in [0.25, 0.3) is 0 Å². The highest BCUT2D eigenvalue weighted by molar-refractivity contribution is 7.92. The molecule has 0 atom stereocenters. The van der Waals surface area contributed by atoms with Crippen molar-refractivity contribution in [1.82, 2.24) is 10.3 Å². The fourth-order valence-electron chi connectivity index (χ4n) is 2.62. The molecule has 0 aliphatic carbocycles. The van der Waals surface area contributed by atoms with Gasteiger partial charge in [-0.3, -0.25) is 4.79 Å². The molecule has 6 nitrogen and oxygen atoms in total. The number of amides is 1. The maximum absolute atomic E-state index is 12.9. The largest absolute Gasteiger partial charge is 0.419 e. The van der Waals surface area contributed by atoms with E-state index in [1.165, 1.54) is 12.3 Å².